The molecule has 0 unspecified atom stereocenters. The molecule has 0 fully saturated rings. The summed E-state index contributed by atoms with van der Waals surface area (Å²) in [4.78, 5) is 0. The van der Waals surface area contributed by atoms with Crippen LogP contribution in [0.4, 0.5) is 0 Å². The Morgan fingerprint density at radius 2 is 1.56 bits per heavy atom. The summed E-state index contributed by atoms with van der Waals surface area (Å²) in [6.45, 7) is 11.4. The van der Waals surface area contributed by atoms with E-state index in [2.05, 4.69) is 46.1 Å². The van der Waals surface area contributed by atoms with Crippen molar-refractivity contribution in [3.05, 3.63) is 35.4 Å². The fraction of sp³-hybridized carbons (Fsp3) is 0.529. The standard InChI is InChI=1S/C9H8.C8H20S/c1-3-9-6-4-8(2)5-7-9;1-7-9(5,6)8(2,3)4/h1,4-7H,2H3;7H2,1-6H3. The number of terminal acetylenes is 1. The first-order valence-corrected chi connectivity index (χ1v) is 9.00. The van der Waals surface area contributed by atoms with Crippen molar-refractivity contribution in [3.8, 4) is 12.3 Å². The minimum absolute atomic E-state index is 0.336. The Morgan fingerprint density at radius 3 is 1.78 bits per heavy atom. The van der Waals surface area contributed by atoms with Gasteiger partial charge in [-0.15, -0.1) is 6.42 Å². The van der Waals surface area contributed by atoms with Gasteiger partial charge in [0.25, 0.3) is 0 Å². The third kappa shape index (κ3) is 5.65. The van der Waals surface area contributed by atoms with Crippen LogP contribution in [0.2, 0.25) is 0 Å². The smallest absolute Gasteiger partial charge is 0.0242 e. The number of hydrogen-bond donors (Lipinski definition) is 0. The van der Waals surface area contributed by atoms with Crippen LogP contribution in [-0.2, 0) is 0 Å². The Morgan fingerprint density at radius 1 is 1.11 bits per heavy atom. The Labute approximate surface area is 116 Å². The lowest BCUT2D eigenvalue weighted by molar-refractivity contribution is 0.787. The highest BCUT2D eigenvalue weighted by Gasteiger charge is 2.25. The molecule has 0 amide bonds. The van der Waals surface area contributed by atoms with E-state index in [1.807, 2.05) is 31.2 Å². The van der Waals surface area contributed by atoms with Crippen LogP contribution in [0.5, 0.6) is 0 Å². The summed E-state index contributed by atoms with van der Waals surface area (Å²) in [5, 5.41) is 0. The maximum Gasteiger partial charge on any atom is 0.0242 e. The van der Waals surface area contributed by atoms with Crippen molar-refractivity contribution < 1.29 is 0 Å². The third-order valence-corrected chi connectivity index (χ3v) is 8.36. The van der Waals surface area contributed by atoms with E-state index in [-0.39, 0.29) is 10.0 Å². The van der Waals surface area contributed by atoms with Crippen molar-refractivity contribution in [2.45, 2.75) is 39.4 Å². The second kappa shape index (κ2) is 6.90. The van der Waals surface area contributed by atoms with Gasteiger partial charge in [0.2, 0.25) is 0 Å². The number of hydrogen-bond acceptors (Lipinski definition) is 0. The van der Waals surface area contributed by atoms with Gasteiger partial charge in [-0.05, 0) is 42.1 Å². The molecule has 0 radical (unpaired) electrons. The predicted octanol–water partition coefficient (Wildman–Crippen LogP) is 4.85. The summed E-state index contributed by atoms with van der Waals surface area (Å²) in [5.74, 6) is 3.90. The molecule has 0 aromatic heterocycles. The number of rotatable bonds is 1. The van der Waals surface area contributed by atoms with Crippen molar-refractivity contribution in [1.29, 1.82) is 0 Å². The molecule has 0 saturated carbocycles. The van der Waals surface area contributed by atoms with Gasteiger partial charge in [-0.25, -0.2) is 10.0 Å². The molecule has 0 aliphatic rings. The third-order valence-electron chi connectivity index (χ3n) is 3.60. The van der Waals surface area contributed by atoms with Gasteiger partial charge < -0.3 is 0 Å². The molecule has 0 atom stereocenters. The number of aryl methyl sites for hydroxylation is 1. The molecule has 0 N–H and O–H groups in total. The van der Waals surface area contributed by atoms with Gasteiger partial charge in [0, 0.05) is 5.56 Å². The lowest BCUT2D eigenvalue weighted by atomic mass is 10.2. The van der Waals surface area contributed by atoms with Crippen LogP contribution in [0.3, 0.4) is 0 Å². The largest absolute Gasteiger partial charge is 0.242 e. The Kier molecular flexibility index (Phi) is 6.57. The highest BCUT2D eigenvalue weighted by molar-refractivity contribution is 8.33. The molecule has 0 aliphatic carbocycles. The van der Waals surface area contributed by atoms with E-state index >= 15 is 0 Å². The molecule has 102 valence electrons. The fourth-order valence-electron chi connectivity index (χ4n) is 1.08. The summed E-state index contributed by atoms with van der Waals surface area (Å²) in [5.41, 5.74) is 2.19. The van der Waals surface area contributed by atoms with E-state index in [0.29, 0.717) is 4.75 Å². The van der Waals surface area contributed by atoms with Crippen LogP contribution in [0.25, 0.3) is 0 Å². The van der Waals surface area contributed by atoms with Crippen molar-refractivity contribution in [3.63, 3.8) is 0 Å². The van der Waals surface area contributed by atoms with E-state index in [4.69, 9.17) is 6.42 Å². The zero-order valence-corrected chi connectivity index (χ0v) is 13.8. The van der Waals surface area contributed by atoms with Crippen molar-refractivity contribution in [2.24, 2.45) is 0 Å². The molecule has 0 bridgehead atoms. The minimum Gasteiger partial charge on any atom is -0.242 e. The molecule has 0 nitrogen and oxygen atoms in total. The monoisotopic (exact) mass is 264 g/mol. The quantitative estimate of drug-likeness (QED) is 0.636. The zero-order valence-electron chi connectivity index (χ0n) is 13.0. The molecule has 1 heteroatoms. The van der Waals surface area contributed by atoms with Crippen LogP contribution in [-0.4, -0.2) is 23.0 Å². The van der Waals surface area contributed by atoms with Crippen LogP contribution in [0, 0.1) is 19.3 Å². The molecular formula is C17H28S. The summed E-state index contributed by atoms with van der Waals surface area (Å²) in [6, 6.07) is 7.90. The summed E-state index contributed by atoms with van der Waals surface area (Å²) >= 11 is 0. The van der Waals surface area contributed by atoms with Crippen molar-refractivity contribution in [2.75, 3.05) is 18.3 Å². The van der Waals surface area contributed by atoms with Crippen LogP contribution in [0.1, 0.15) is 38.8 Å². The Hall–Kier alpha value is -0.870. The summed E-state index contributed by atoms with van der Waals surface area (Å²) < 4.78 is 0.530. The first-order chi connectivity index (χ1) is 8.14. The maximum absolute atomic E-state index is 5.15. The molecule has 0 heterocycles. The van der Waals surface area contributed by atoms with Gasteiger partial charge in [-0.1, -0.05) is 51.3 Å². The molecule has 0 aliphatic heterocycles. The average Bonchev–Trinajstić information content (AvgIpc) is 2.29. The van der Waals surface area contributed by atoms with E-state index in [9.17, 15) is 0 Å². The molecule has 1 rings (SSSR count). The van der Waals surface area contributed by atoms with Gasteiger partial charge in [-0.3, -0.25) is 0 Å². The second-order valence-electron chi connectivity index (χ2n) is 5.95. The lowest BCUT2D eigenvalue weighted by Gasteiger charge is -2.43. The van der Waals surface area contributed by atoms with E-state index < -0.39 is 0 Å². The average molecular weight is 264 g/mol. The SMILES string of the molecule is C#Cc1ccc(C)cc1.CCS(C)(C)C(C)(C)C. The first-order valence-electron chi connectivity index (χ1n) is 6.38. The van der Waals surface area contributed by atoms with Crippen molar-refractivity contribution in [1.82, 2.24) is 0 Å². The minimum atomic E-state index is -0.336. The molecule has 0 spiro atoms. The fourth-order valence-corrected chi connectivity index (χ4v) is 1.95. The van der Waals surface area contributed by atoms with Crippen LogP contribution in [0.15, 0.2) is 24.3 Å². The molecule has 0 saturated heterocycles. The predicted molar refractivity (Wildman–Crippen MR) is 88.8 cm³/mol. The first kappa shape index (κ1) is 17.1. The highest BCUT2D eigenvalue weighted by Crippen LogP contribution is 2.52. The van der Waals surface area contributed by atoms with Crippen LogP contribution < -0.4 is 0 Å². The molecule has 18 heavy (non-hydrogen) atoms. The van der Waals surface area contributed by atoms with E-state index in [0.717, 1.165) is 5.56 Å². The van der Waals surface area contributed by atoms with E-state index in [1.165, 1.54) is 11.3 Å². The summed E-state index contributed by atoms with van der Waals surface area (Å²) in [7, 11) is -0.336. The van der Waals surface area contributed by atoms with Gasteiger partial charge in [-0.2, -0.15) is 0 Å². The van der Waals surface area contributed by atoms with E-state index in [1.54, 1.807) is 0 Å². The summed E-state index contributed by atoms with van der Waals surface area (Å²) in [6.07, 6.45) is 9.97. The zero-order chi connectivity index (χ0) is 14.4. The topological polar surface area (TPSA) is 0 Å². The highest BCUT2D eigenvalue weighted by atomic mass is 32.3. The van der Waals surface area contributed by atoms with Gasteiger partial charge >= 0.3 is 0 Å². The molecule has 1 aromatic carbocycles. The Bertz CT molecular complexity index is 385. The maximum atomic E-state index is 5.15. The molecular weight excluding hydrogens is 236 g/mol. The second-order valence-corrected chi connectivity index (χ2v) is 10.8. The lowest BCUT2D eigenvalue weighted by Crippen LogP contribution is -2.24. The normalized spacial score (nSPS) is 12.1. The van der Waals surface area contributed by atoms with Gasteiger partial charge in [0.1, 0.15) is 0 Å². The molecule has 1 aromatic rings. The number of benzene rings is 1. The van der Waals surface area contributed by atoms with Crippen LogP contribution >= 0.6 is 10.0 Å². The van der Waals surface area contributed by atoms with Gasteiger partial charge in [0.15, 0.2) is 0 Å². The van der Waals surface area contributed by atoms with Gasteiger partial charge in [0.05, 0.1) is 0 Å². The van der Waals surface area contributed by atoms with Crippen molar-refractivity contribution >= 4 is 10.0 Å². The Balaban J connectivity index is 0.000000321.